The van der Waals surface area contributed by atoms with Gasteiger partial charge in [-0.1, -0.05) is 11.6 Å². The number of rotatable bonds is 3. The standard InChI is InChI=1S/C11H12ClN3O4/c1-5(16)13-7-4-8(14-6(2)17)10(12)15-9(7)11(18)19-3/h4H,1-3H3,(H,13,16)(H,14,17). The number of esters is 1. The van der Waals surface area contributed by atoms with E-state index in [2.05, 4.69) is 20.4 Å². The second-order valence-electron chi connectivity index (χ2n) is 3.58. The molecule has 0 saturated carbocycles. The molecule has 102 valence electrons. The van der Waals surface area contributed by atoms with Gasteiger partial charge in [-0.3, -0.25) is 9.59 Å². The minimum atomic E-state index is -0.750. The van der Waals surface area contributed by atoms with Gasteiger partial charge in [0.15, 0.2) is 10.8 Å². The summed E-state index contributed by atoms with van der Waals surface area (Å²) in [4.78, 5) is 37.4. The first-order valence-corrected chi connectivity index (χ1v) is 5.57. The number of pyridine rings is 1. The largest absolute Gasteiger partial charge is 0.464 e. The molecule has 2 N–H and O–H groups in total. The molecule has 0 spiro atoms. The molecule has 0 aliphatic rings. The van der Waals surface area contributed by atoms with Gasteiger partial charge in [0.1, 0.15) is 0 Å². The summed E-state index contributed by atoms with van der Waals surface area (Å²) in [6.07, 6.45) is 0. The van der Waals surface area contributed by atoms with Crippen LogP contribution < -0.4 is 10.6 Å². The quantitative estimate of drug-likeness (QED) is 0.647. The molecule has 1 aromatic rings. The Bertz CT molecular complexity index is 545. The van der Waals surface area contributed by atoms with Gasteiger partial charge in [-0.05, 0) is 6.07 Å². The van der Waals surface area contributed by atoms with Crippen LogP contribution in [0.4, 0.5) is 11.4 Å². The minimum Gasteiger partial charge on any atom is -0.464 e. The van der Waals surface area contributed by atoms with Crippen LogP contribution in [-0.2, 0) is 14.3 Å². The van der Waals surface area contributed by atoms with Crippen LogP contribution in [-0.4, -0.2) is 29.9 Å². The number of carbonyl (C=O) groups is 3. The van der Waals surface area contributed by atoms with E-state index >= 15 is 0 Å². The number of carbonyl (C=O) groups excluding carboxylic acids is 3. The number of anilines is 2. The third-order valence-corrected chi connectivity index (χ3v) is 2.26. The predicted molar refractivity (Wildman–Crippen MR) is 69.2 cm³/mol. The second-order valence-corrected chi connectivity index (χ2v) is 3.93. The number of ether oxygens (including phenoxy) is 1. The molecule has 1 heterocycles. The molecule has 0 unspecified atom stereocenters. The molecule has 0 atom stereocenters. The van der Waals surface area contributed by atoms with Gasteiger partial charge in [0.25, 0.3) is 0 Å². The summed E-state index contributed by atoms with van der Waals surface area (Å²) < 4.78 is 4.54. The minimum absolute atomic E-state index is 0.0790. The predicted octanol–water partition coefficient (Wildman–Crippen LogP) is 1.44. The Morgan fingerprint density at radius 1 is 1.16 bits per heavy atom. The van der Waals surface area contributed by atoms with Crippen molar-refractivity contribution >= 4 is 40.8 Å². The first-order chi connectivity index (χ1) is 8.85. The van der Waals surface area contributed by atoms with Gasteiger partial charge in [0.05, 0.1) is 18.5 Å². The zero-order chi connectivity index (χ0) is 14.6. The highest BCUT2D eigenvalue weighted by molar-refractivity contribution is 6.33. The third-order valence-electron chi connectivity index (χ3n) is 1.98. The number of methoxy groups -OCH3 is 1. The van der Waals surface area contributed by atoms with Crippen molar-refractivity contribution in [1.82, 2.24) is 4.98 Å². The highest BCUT2D eigenvalue weighted by Gasteiger charge is 2.18. The zero-order valence-corrected chi connectivity index (χ0v) is 11.3. The SMILES string of the molecule is COC(=O)c1nc(Cl)c(NC(C)=O)cc1NC(C)=O. The molecule has 0 saturated heterocycles. The highest BCUT2D eigenvalue weighted by Crippen LogP contribution is 2.26. The average molecular weight is 286 g/mol. The van der Waals surface area contributed by atoms with Crippen molar-refractivity contribution in [3.05, 3.63) is 16.9 Å². The lowest BCUT2D eigenvalue weighted by Gasteiger charge is -2.11. The molecule has 2 amide bonds. The van der Waals surface area contributed by atoms with E-state index in [0.29, 0.717) is 0 Å². The van der Waals surface area contributed by atoms with E-state index in [1.807, 2.05) is 0 Å². The van der Waals surface area contributed by atoms with Crippen LogP contribution in [0.1, 0.15) is 24.3 Å². The molecule has 7 nitrogen and oxygen atoms in total. The van der Waals surface area contributed by atoms with Crippen LogP contribution >= 0.6 is 11.6 Å². The van der Waals surface area contributed by atoms with Gasteiger partial charge in [0.2, 0.25) is 11.8 Å². The molecule has 0 aromatic carbocycles. The van der Waals surface area contributed by atoms with E-state index in [9.17, 15) is 14.4 Å². The molecule has 1 rings (SSSR count). The Morgan fingerprint density at radius 3 is 2.16 bits per heavy atom. The summed E-state index contributed by atoms with van der Waals surface area (Å²) in [6.45, 7) is 2.57. The normalized spacial score (nSPS) is 9.68. The maximum absolute atomic E-state index is 11.5. The van der Waals surface area contributed by atoms with Crippen LogP contribution in [0.2, 0.25) is 5.15 Å². The van der Waals surface area contributed by atoms with Crippen molar-refractivity contribution in [2.45, 2.75) is 13.8 Å². The fourth-order valence-electron chi connectivity index (χ4n) is 1.31. The molecule has 0 fully saturated rings. The topological polar surface area (TPSA) is 97.4 Å². The fourth-order valence-corrected chi connectivity index (χ4v) is 1.49. The molecule has 19 heavy (non-hydrogen) atoms. The number of nitrogens with zero attached hydrogens (tertiary/aromatic N) is 1. The van der Waals surface area contributed by atoms with Crippen molar-refractivity contribution in [3.63, 3.8) is 0 Å². The van der Waals surface area contributed by atoms with Gasteiger partial charge >= 0.3 is 5.97 Å². The second kappa shape index (κ2) is 6.14. The van der Waals surface area contributed by atoms with Gasteiger partial charge < -0.3 is 15.4 Å². The number of nitrogens with one attached hydrogen (secondary N) is 2. The molecule has 1 aromatic heterocycles. The molecular weight excluding hydrogens is 274 g/mol. The van der Waals surface area contributed by atoms with Gasteiger partial charge in [-0.2, -0.15) is 0 Å². The average Bonchev–Trinajstić information content (AvgIpc) is 2.30. The Hall–Kier alpha value is -2.15. The molecular formula is C11H12ClN3O4. The Kier molecular flexibility index (Phi) is 4.82. The summed E-state index contributed by atoms with van der Waals surface area (Å²) in [5.74, 6) is -1.51. The van der Waals surface area contributed by atoms with Gasteiger partial charge in [-0.15, -0.1) is 0 Å². The van der Waals surface area contributed by atoms with Crippen molar-refractivity contribution in [2.24, 2.45) is 0 Å². The van der Waals surface area contributed by atoms with E-state index < -0.39 is 11.9 Å². The summed E-state index contributed by atoms with van der Waals surface area (Å²) in [5.41, 5.74) is 0.148. The van der Waals surface area contributed by atoms with Crippen molar-refractivity contribution in [2.75, 3.05) is 17.7 Å². The first kappa shape index (κ1) is 14.9. The van der Waals surface area contributed by atoms with Crippen LogP contribution in [0.5, 0.6) is 0 Å². The lowest BCUT2D eigenvalue weighted by Crippen LogP contribution is -2.16. The fraction of sp³-hybridized carbons (Fsp3) is 0.273. The summed E-state index contributed by atoms with van der Waals surface area (Å²) in [7, 11) is 1.18. The number of hydrogen-bond donors (Lipinski definition) is 2. The number of hydrogen-bond acceptors (Lipinski definition) is 5. The van der Waals surface area contributed by atoms with Gasteiger partial charge in [-0.25, -0.2) is 9.78 Å². The summed E-state index contributed by atoms with van der Waals surface area (Å²) >= 11 is 5.84. The lowest BCUT2D eigenvalue weighted by molar-refractivity contribution is -0.115. The molecule has 0 aliphatic heterocycles. The zero-order valence-electron chi connectivity index (χ0n) is 10.5. The number of halogens is 1. The third kappa shape index (κ3) is 3.92. The maximum Gasteiger partial charge on any atom is 0.358 e. The van der Waals surface area contributed by atoms with Crippen molar-refractivity contribution in [1.29, 1.82) is 0 Å². The molecule has 8 heteroatoms. The van der Waals surface area contributed by atoms with Crippen LogP contribution in [0.25, 0.3) is 0 Å². The van der Waals surface area contributed by atoms with E-state index in [-0.39, 0.29) is 28.1 Å². The van der Waals surface area contributed by atoms with E-state index in [1.54, 1.807) is 0 Å². The molecule has 0 bridgehead atoms. The Labute approximate surface area is 114 Å². The highest BCUT2D eigenvalue weighted by atomic mass is 35.5. The summed E-state index contributed by atoms with van der Waals surface area (Å²) in [6, 6.07) is 1.34. The number of amides is 2. The summed E-state index contributed by atoms with van der Waals surface area (Å²) in [5, 5.41) is 4.77. The monoisotopic (exact) mass is 285 g/mol. The van der Waals surface area contributed by atoms with Crippen LogP contribution in [0.15, 0.2) is 6.07 Å². The van der Waals surface area contributed by atoms with E-state index in [4.69, 9.17) is 11.6 Å². The lowest BCUT2D eigenvalue weighted by atomic mass is 10.2. The van der Waals surface area contributed by atoms with Crippen molar-refractivity contribution in [3.8, 4) is 0 Å². The van der Waals surface area contributed by atoms with Crippen molar-refractivity contribution < 1.29 is 19.1 Å². The van der Waals surface area contributed by atoms with Gasteiger partial charge in [0, 0.05) is 13.8 Å². The Balaban J connectivity index is 3.31. The van der Waals surface area contributed by atoms with Crippen LogP contribution in [0, 0.1) is 0 Å². The maximum atomic E-state index is 11.5. The van der Waals surface area contributed by atoms with E-state index in [1.165, 1.54) is 27.0 Å². The smallest absolute Gasteiger partial charge is 0.358 e. The van der Waals surface area contributed by atoms with E-state index in [0.717, 1.165) is 0 Å². The Morgan fingerprint density at radius 2 is 1.68 bits per heavy atom. The van der Waals surface area contributed by atoms with Crippen LogP contribution in [0.3, 0.4) is 0 Å². The number of aromatic nitrogens is 1. The first-order valence-electron chi connectivity index (χ1n) is 5.19. The molecule has 0 radical (unpaired) electrons. The molecule has 0 aliphatic carbocycles.